The number of carbonyl (C=O) groups excluding carboxylic acids is 2. The van der Waals surface area contributed by atoms with E-state index >= 15 is 0 Å². The van der Waals surface area contributed by atoms with E-state index in [1.54, 1.807) is 16.9 Å². The van der Waals surface area contributed by atoms with E-state index in [0.717, 1.165) is 16.6 Å². The number of Topliss-reactive ketones (excluding diaryl/α,β-unsaturated/α-hetero) is 1. The maximum Gasteiger partial charge on any atom is 0.201 e. The molecular weight excluding hydrogens is 372 g/mol. The van der Waals surface area contributed by atoms with Crippen LogP contribution >= 0.6 is 34.9 Å². The van der Waals surface area contributed by atoms with Gasteiger partial charge in [-0.2, -0.15) is 0 Å². The molecule has 1 fully saturated rings. The molecule has 5 heterocycles. The molecule has 2 bridgehead atoms. The average molecular weight is 393 g/mol. The van der Waals surface area contributed by atoms with Gasteiger partial charge in [0.15, 0.2) is 5.78 Å². The summed E-state index contributed by atoms with van der Waals surface area (Å²) in [6.07, 6.45) is 1.99. The summed E-state index contributed by atoms with van der Waals surface area (Å²) in [5.41, 5.74) is 1.64. The fourth-order valence-electron chi connectivity index (χ4n) is 3.97. The number of allylic oxidation sites excluding steroid dienone is 1. The number of carbonyl (C=O) groups is 2. The first-order chi connectivity index (χ1) is 11.1. The molecule has 1 aromatic rings. The first-order valence-corrected chi connectivity index (χ1v) is 13.6. The van der Waals surface area contributed by atoms with Crippen LogP contribution in [-0.4, -0.2) is 23.3 Å². The Morgan fingerprint density at radius 3 is 2.58 bits per heavy atom. The van der Waals surface area contributed by atoms with Gasteiger partial charge in [-0.05, 0) is 47.5 Å². The summed E-state index contributed by atoms with van der Waals surface area (Å²) in [6, 6.07) is 2.30. The van der Waals surface area contributed by atoms with Crippen molar-refractivity contribution in [3.05, 3.63) is 26.3 Å². The van der Waals surface area contributed by atoms with Crippen LogP contribution in [0.5, 0.6) is 0 Å². The topological polar surface area (TPSA) is 34.1 Å². The first kappa shape index (κ1) is 16.9. The number of thiophene rings is 1. The lowest BCUT2D eigenvalue weighted by molar-refractivity contribution is -0.119. The molecule has 2 nitrogen and oxygen atoms in total. The van der Waals surface area contributed by atoms with Crippen molar-refractivity contribution < 1.29 is 9.59 Å². The molecule has 6 heteroatoms. The minimum atomic E-state index is -1.64. The standard InChI is InChI=1S/C18H20O2S3Si/c1-9(2)15-17-16-13(24(4,5)18(15,3)23-17)7-10(21-16)6-12-11(19)8-14(20)22-12/h6-7,9H,8H2,1-5H3/b12-6-/t18-/m1/s1. The molecule has 0 aliphatic carbocycles. The monoisotopic (exact) mass is 392 g/mol. The maximum atomic E-state index is 11.9. The molecule has 126 valence electrons. The smallest absolute Gasteiger partial charge is 0.201 e. The van der Waals surface area contributed by atoms with E-state index in [1.165, 1.54) is 15.0 Å². The third-order valence-corrected chi connectivity index (χ3v) is 15.4. The number of hydrogen-bond donors (Lipinski definition) is 0. The Hall–Kier alpha value is -0.563. The van der Waals surface area contributed by atoms with Gasteiger partial charge in [-0.25, -0.2) is 0 Å². The van der Waals surface area contributed by atoms with Crippen LogP contribution < -0.4 is 5.19 Å². The third-order valence-electron chi connectivity index (χ3n) is 5.54. The predicted octanol–water partition coefficient (Wildman–Crippen LogP) is 4.66. The summed E-state index contributed by atoms with van der Waals surface area (Å²) >= 11 is 4.97. The quantitative estimate of drug-likeness (QED) is 0.416. The average Bonchev–Trinajstić information content (AvgIpc) is 2.98. The molecule has 0 N–H and O–H groups in total. The number of ketones is 1. The largest absolute Gasteiger partial charge is 0.293 e. The third kappa shape index (κ3) is 2.09. The Kier molecular flexibility index (Phi) is 3.67. The fourth-order valence-corrected chi connectivity index (χ4v) is 13.2. The summed E-state index contributed by atoms with van der Waals surface area (Å²) in [7, 11) is -1.64. The minimum Gasteiger partial charge on any atom is -0.293 e. The van der Waals surface area contributed by atoms with E-state index < -0.39 is 8.07 Å². The predicted molar refractivity (Wildman–Crippen MR) is 109 cm³/mol. The summed E-state index contributed by atoms with van der Waals surface area (Å²) in [5.74, 6) is 0.556. The van der Waals surface area contributed by atoms with Crippen molar-refractivity contribution in [3.8, 4) is 0 Å². The molecule has 0 unspecified atom stereocenters. The van der Waals surface area contributed by atoms with Gasteiger partial charge in [0.1, 0.15) is 8.07 Å². The molecule has 0 amide bonds. The molecular formula is C18H20O2S3Si. The Balaban J connectivity index is 1.83. The molecule has 0 radical (unpaired) electrons. The van der Waals surface area contributed by atoms with Crippen molar-refractivity contribution in [3.63, 3.8) is 0 Å². The molecule has 0 saturated carbocycles. The molecule has 4 aliphatic rings. The summed E-state index contributed by atoms with van der Waals surface area (Å²) in [6.45, 7) is 12.0. The molecule has 1 aromatic heterocycles. The molecule has 5 rings (SSSR count). The SMILES string of the molecule is CC(C)C1=C2S[C@]1(C)[Si](C)(C)c1cc(/C=C3\SC(=O)CC3=O)sc12. The van der Waals surface area contributed by atoms with Crippen LogP contribution in [0.4, 0.5) is 0 Å². The highest BCUT2D eigenvalue weighted by Crippen LogP contribution is 2.65. The zero-order valence-corrected chi connectivity index (χ0v) is 17.9. The minimum absolute atomic E-state index is 0.0272. The van der Waals surface area contributed by atoms with Crippen molar-refractivity contribution in [2.24, 2.45) is 5.92 Å². The zero-order valence-electron chi connectivity index (χ0n) is 14.5. The van der Waals surface area contributed by atoms with Crippen LogP contribution in [0.3, 0.4) is 0 Å². The van der Waals surface area contributed by atoms with Crippen LogP contribution in [0.15, 0.2) is 16.5 Å². The molecule has 0 spiro atoms. The lowest BCUT2D eigenvalue weighted by atomic mass is 9.97. The number of rotatable bonds is 2. The van der Waals surface area contributed by atoms with Gasteiger partial charge in [-0.3, -0.25) is 9.59 Å². The van der Waals surface area contributed by atoms with Crippen molar-refractivity contribution in [2.45, 2.75) is 44.7 Å². The Bertz CT molecular complexity index is 860. The first-order valence-electron chi connectivity index (χ1n) is 8.19. The molecule has 0 aromatic carbocycles. The normalized spacial score (nSPS) is 29.5. The zero-order chi connectivity index (χ0) is 17.4. The van der Waals surface area contributed by atoms with E-state index in [9.17, 15) is 9.59 Å². The van der Waals surface area contributed by atoms with Crippen LogP contribution in [0.25, 0.3) is 11.0 Å². The van der Waals surface area contributed by atoms with E-state index in [-0.39, 0.29) is 17.3 Å². The second kappa shape index (κ2) is 5.22. The van der Waals surface area contributed by atoms with Crippen molar-refractivity contribution in [1.82, 2.24) is 0 Å². The van der Waals surface area contributed by atoms with Gasteiger partial charge in [-0.15, -0.1) is 23.1 Å². The highest BCUT2D eigenvalue weighted by Gasteiger charge is 2.60. The fraction of sp³-hybridized carbons (Fsp3) is 0.444. The number of thioether (sulfide) groups is 2. The second-order valence-electron chi connectivity index (χ2n) is 7.63. The lowest BCUT2D eigenvalue weighted by Gasteiger charge is -2.57. The Morgan fingerprint density at radius 2 is 2.00 bits per heavy atom. The van der Waals surface area contributed by atoms with Gasteiger partial charge >= 0.3 is 0 Å². The lowest BCUT2D eigenvalue weighted by Crippen LogP contribution is -2.66. The summed E-state index contributed by atoms with van der Waals surface area (Å²) in [4.78, 5) is 28.0. The van der Waals surface area contributed by atoms with Gasteiger partial charge in [-0.1, -0.05) is 26.9 Å². The Morgan fingerprint density at radius 1 is 1.29 bits per heavy atom. The van der Waals surface area contributed by atoms with Crippen LogP contribution in [0, 0.1) is 5.92 Å². The summed E-state index contributed by atoms with van der Waals surface area (Å²) < 4.78 is 0.295. The van der Waals surface area contributed by atoms with E-state index in [4.69, 9.17) is 0 Å². The Labute approximate surface area is 156 Å². The molecule has 1 saturated heterocycles. The molecule has 4 aliphatic heterocycles. The van der Waals surface area contributed by atoms with Gasteiger partial charge in [0.25, 0.3) is 0 Å². The maximum absolute atomic E-state index is 11.9. The van der Waals surface area contributed by atoms with Crippen LogP contribution in [-0.2, 0) is 9.59 Å². The summed E-state index contributed by atoms with van der Waals surface area (Å²) in [5, 5.41) is 1.50. The molecule has 1 atom stereocenters. The van der Waals surface area contributed by atoms with Gasteiger partial charge in [0.2, 0.25) is 5.12 Å². The van der Waals surface area contributed by atoms with Crippen LogP contribution in [0.1, 0.15) is 36.9 Å². The molecule has 24 heavy (non-hydrogen) atoms. The second-order valence-corrected chi connectivity index (χ2v) is 16.4. The number of hydrogen-bond acceptors (Lipinski definition) is 5. The highest BCUT2D eigenvalue weighted by atomic mass is 32.2. The van der Waals surface area contributed by atoms with Gasteiger partial charge < -0.3 is 0 Å². The van der Waals surface area contributed by atoms with Crippen molar-refractivity contribution >= 4 is 70.0 Å². The van der Waals surface area contributed by atoms with Crippen molar-refractivity contribution in [1.29, 1.82) is 0 Å². The highest BCUT2D eigenvalue weighted by molar-refractivity contribution is 8.18. The van der Waals surface area contributed by atoms with E-state index in [0.29, 0.717) is 15.2 Å². The van der Waals surface area contributed by atoms with Gasteiger partial charge in [0, 0.05) is 19.0 Å². The van der Waals surface area contributed by atoms with Crippen molar-refractivity contribution in [2.75, 3.05) is 0 Å². The van der Waals surface area contributed by atoms with Gasteiger partial charge in [0.05, 0.1) is 11.3 Å². The van der Waals surface area contributed by atoms with E-state index in [1.807, 2.05) is 6.08 Å². The van der Waals surface area contributed by atoms with Crippen LogP contribution in [0.2, 0.25) is 13.1 Å². The van der Waals surface area contributed by atoms with E-state index in [2.05, 4.69) is 51.7 Å².